The second-order valence-electron chi connectivity index (χ2n) is 6.89. The number of likely N-dealkylation sites (tertiary alicyclic amines) is 1. The molecule has 7 nitrogen and oxygen atoms in total. The van der Waals surface area contributed by atoms with Crippen LogP contribution in [0.25, 0.3) is 0 Å². The molecule has 1 aromatic rings. The molecule has 1 unspecified atom stereocenters. The zero-order valence-electron chi connectivity index (χ0n) is 15.7. The van der Waals surface area contributed by atoms with E-state index in [9.17, 15) is 0 Å². The highest BCUT2D eigenvalue weighted by Gasteiger charge is 2.25. The molecule has 1 atom stereocenters. The summed E-state index contributed by atoms with van der Waals surface area (Å²) < 4.78 is 7.78. The minimum absolute atomic E-state index is 0.0633. The number of aliphatic imine (C=N–C) groups is 1. The molecule has 2 fully saturated rings. The summed E-state index contributed by atoms with van der Waals surface area (Å²) in [5.74, 6) is 1.01. The molecule has 0 amide bonds. The van der Waals surface area contributed by atoms with Crippen LogP contribution in [0.5, 0.6) is 0 Å². The SMILES string of the molecule is CCNC(=NCCN1CCCCC1)N1CCOC(c2cnn(C)c2)C1. The van der Waals surface area contributed by atoms with Crippen LogP contribution in [0.2, 0.25) is 0 Å². The summed E-state index contributed by atoms with van der Waals surface area (Å²) in [6.07, 6.45) is 8.04. The number of hydrogen-bond acceptors (Lipinski definition) is 4. The second-order valence-corrected chi connectivity index (χ2v) is 6.89. The minimum atomic E-state index is 0.0633. The van der Waals surface area contributed by atoms with E-state index in [4.69, 9.17) is 9.73 Å². The molecule has 2 saturated heterocycles. The van der Waals surface area contributed by atoms with Gasteiger partial charge >= 0.3 is 0 Å². The lowest BCUT2D eigenvalue weighted by Crippen LogP contribution is -2.48. The molecule has 1 aromatic heterocycles. The number of rotatable bonds is 5. The van der Waals surface area contributed by atoms with Gasteiger partial charge in [0.2, 0.25) is 0 Å². The van der Waals surface area contributed by atoms with Gasteiger partial charge in [0.1, 0.15) is 6.10 Å². The molecule has 0 saturated carbocycles. The van der Waals surface area contributed by atoms with E-state index < -0.39 is 0 Å². The molecule has 0 aromatic carbocycles. The highest BCUT2D eigenvalue weighted by Crippen LogP contribution is 2.21. The summed E-state index contributed by atoms with van der Waals surface area (Å²) in [6.45, 7) is 9.81. The lowest BCUT2D eigenvalue weighted by molar-refractivity contribution is -0.00805. The van der Waals surface area contributed by atoms with Crippen molar-refractivity contribution in [1.29, 1.82) is 0 Å². The van der Waals surface area contributed by atoms with Gasteiger partial charge in [-0.15, -0.1) is 0 Å². The van der Waals surface area contributed by atoms with Crippen molar-refractivity contribution in [3.05, 3.63) is 18.0 Å². The van der Waals surface area contributed by atoms with E-state index in [2.05, 4.69) is 27.1 Å². The van der Waals surface area contributed by atoms with Gasteiger partial charge in [-0.2, -0.15) is 5.10 Å². The summed E-state index contributed by atoms with van der Waals surface area (Å²) in [5, 5.41) is 7.71. The fraction of sp³-hybridized carbons (Fsp3) is 0.778. The Kier molecular flexibility index (Phi) is 6.69. The van der Waals surface area contributed by atoms with Crippen molar-refractivity contribution in [1.82, 2.24) is 24.9 Å². The van der Waals surface area contributed by atoms with Gasteiger partial charge < -0.3 is 19.9 Å². The normalized spacial score (nSPS) is 23.0. The molecule has 2 aliphatic heterocycles. The summed E-state index contributed by atoms with van der Waals surface area (Å²) in [5.41, 5.74) is 1.14. The van der Waals surface area contributed by atoms with Crippen LogP contribution in [0.1, 0.15) is 37.9 Å². The standard InChI is InChI=1S/C18H32N6O/c1-3-19-18(20-7-10-23-8-5-4-6-9-23)24-11-12-25-17(15-24)16-13-21-22(2)14-16/h13-14,17H,3-12,15H2,1-2H3,(H,19,20). The first-order chi connectivity index (χ1) is 12.3. The van der Waals surface area contributed by atoms with Crippen LogP contribution in [0.15, 0.2) is 17.4 Å². The number of piperidine rings is 1. The number of aryl methyl sites for hydroxylation is 1. The van der Waals surface area contributed by atoms with Gasteiger partial charge in [-0.05, 0) is 32.9 Å². The molecule has 3 heterocycles. The summed E-state index contributed by atoms with van der Waals surface area (Å²) in [6, 6.07) is 0. The Labute approximate surface area is 151 Å². The van der Waals surface area contributed by atoms with Crippen LogP contribution in [0, 0.1) is 0 Å². The fourth-order valence-corrected chi connectivity index (χ4v) is 3.56. The monoisotopic (exact) mass is 348 g/mol. The molecule has 0 bridgehead atoms. The van der Waals surface area contributed by atoms with Gasteiger partial charge in [-0.1, -0.05) is 6.42 Å². The smallest absolute Gasteiger partial charge is 0.194 e. The number of guanidine groups is 1. The maximum absolute atomic E-state index is 5.95. The van der Waals surface area contributed by atoms with Crippen molar-refractivity contribution < 1.29 is 4.74 Å². The molecule has 7 heteroatoms. The van der Waals surface area contributed by atoms with Crippen molar-refractivity contribution >= 4 is 5.96 Å². The molecule has 0 spiro atoms. The summed E-state index contributed by atoms with van der Waals surface area (Å²) >= 11 is 0. The van der Waals surface area contributed by atoms with Crippen molar-refractivity contribution in [3.8, 4) is 0 Å². The molecule has 0 radical (unpaired) electrons. The third-order valence-electron chi connectivity index (χ3n) is 4.92. The molecule has 140 valence electrons. The first-order valence-electron chi connectivity index (χ1n) is 9.62. The van der Waals surface area contributed by atoms with Crippen LogP contribution in [0.3, 0.4) is 0 Å². The van der Waals surface area contributed by atoms with Crippen LogP contribution < -0.4 is 5.32 Å². The van der Waals surface area contributed by atoms with Crippen molar-refractivity contribution in [3.63, 3.8) is 0 Å². The van der Waals surface area contributed by atoms with Gasteiger partial charge in [-0.3, -0.25) is 9.67 Å². The first kappa shape index (κ1) is 18.2. The molecular weight excluding hydrogens is 316 g/mol. The maximum atomic E-state index is 5.95. The highest BCUT2D eigenvalue weighted by molar-refractivity contribution is 5.80. The van der Waals surface area contributed by atoms with Gasteiger partial charge in [0.25, 0.3) is 0 Å². The third kappa shape index (κ3) is 5.19. The molecule has 0 aliphatic carbocycles. The van der Waals surface area contributed by atoms with E-state index in [1.54, 1.807) is 0 Å². The van der Waals surface area contributed by atoms with E-state index in [0.717, 1.165) is 50.9 Å². The van der Waals surface area contributed by atoms with Crippen molar-refractivity contribution in [2.75, 3.05) is 52.4 Å². The van der Waals surface area contributed by atoms with Gasteiger partial charge in [0.15, 0.2) is 5.96 Å². The Balaban J connectivity index is 1.57. The Morgan fingerprint density at radius 1 is 1.32 bits per heavy atom. The Hall–Kier alpha value is -1.60. The molecule has 1 N–H and O–H groups in total. The van der Waals surface area contributed by atoms with Crippen LogP contribution in [-0.2, 0) is 11.8 Å². The summed E-state index contributed by atoms with van der Waals surface area (Å²) in [4.78, 5) is 9.73. The lowest BCUT2D eigenvalue weighted by atomic mass is 10.1. The van der Waals surface area contributed by atoms with Gasteiger partial charge in [0, 0.05) is 38.4 Å². The fourth-order valence-electron chi connectivity index (χ4n) is 3.56. The topological polar surface area (TPSA) is 57.9 Å². The first-order valence-corrected chi connectivity index (χ1v) is 9.62. The van der Waals surface area contributed by atoms with E-state index in [-0.39, 0.29) is 6.10 Å². The zero-order chi connectivity index (χ0) is 17.5. The van der Waals surface area contributed by atoms with Gasteiger partial charge in [0.05, 0.1) is 25.9 Å². The van der Waals surface area contributed by atoms with E-state index in [1.807, 2.05) is 24.1 Å². The zero-order valence-corrected chi connectivity index (χ0v) is 15.7. The molecular formula is C18H32N6O. The highest BCUT2D eigenvalue weighted by atomic mass is 16.5. The Morgan fingerprint density at radius 2 is 2.16 bits per heavy atom. The number of nitrogens with zero attached hydrogens (tertiary/aromatic N) is 5. The average Bonchev–Trinajstić information content (AvgIpc) is 3.08. The van der Waals surface area contributed by atoms with Crippen LogP contribution in [0.4, 0.5) is 0 Å². The predicted molar refractivity (Wildman–Crippen MR) is 99.7 cm³/mol. The maximum Gasteiger partial charge on any atom is 0.194 e. The average molecular weight is 348 g/mol. The number of nitrogens with one attached hydrogen (secondary N) is 1. The van der Waals surface area contributed by atoms with Crippen LogP contribution >= 0.6 is 0 Å². The number of morpholine rings is 1. The second kappa shape index (κ2) is 9.20. The number of aromatic nitrogens is 2. The largest absolute Gasteiger partial charge is 0.370 e. The van der Waals surface area contributed by atoms with E-state index in [0.29, 0.717) is 0 Å². The van der Waals surface area contributed by atoms with Crippen molar-refractivity contribution in [2.45, 2.75) is 32.3 Å². The molecule has 25 heavy (non-hydrogen) atoms. The minimum Gasteiger partial charge on any atom is -0.370 e. The van der Waals surface area contributed by atoms with E-state index in [1.165, 1.54) is 32.4 Å². The molecule has 2 aliphatic rings. The Bertz CT molecular complexity index is 552. The predicted octanol–water partition coefficient (Wildman–Crippen LogP) is 1.24. The Morgan fingerprint density at radius 3 is 2.88 bits per heavy atom. The summed E-state index contributed by atoms with van der Waals surface area (Å²) in [7, 11) is 1.94. The quantitative estimate of drug-likeness (QED) is 0.641. The molecule has 3 rings (SSSR count). The number of ether oxygens (including phenoxy) is 1. The van der Waals surface area contributed by atoms with Gasteiger partial charge in [-0.25, -0.2) is 0 Å². The number of hydrogen-bond donors (Lipinski definition) is 1. The van der Waals surface area contributed by atoms with Crippen molar-refractivity contribution in [2.24, 2.45) is 12.0 Å². The lowest BCUT2D eigenvalue weighted by Gasteiger charge is -2.35. The third-order valence-corrected chi connectivity index (χ3v) is 4.92. The van der Waals surface area contributed by atoms with E-state index >= 15 is 0 Å². The van der Waals surface area contributed by atoms with Crippen LogP contribution in [-0.4, -0.2) is 78.0 Å².